The Morgan fingerprint density at radius 1 is 1.32 bits per heavy atom. The van der Waals surface area contributed by atoms with Gasteiger partial charge in [0.05, 0.1) is 10.6 Å². The number of hydrogen-bond donors (Lipinski definition) is 1. The molecule has 0 atom stereocenters. The Labute approximate surface area is 146 Å². The number of fused-ring (bicyclic) bond motifs is 1. The Balaban J connectivity index is 1.58. The lowest BCUT2D eigenvalue weighted by Gasteiger charge is -2.07. The van der Waals surface area contributed by atoms with Crippen molar-refractivity contribution < 1.29 is 14.3 Å². The summed E-state index contributed by atoms with van der Waals surface area (Å²) in [5.74, 6) is -0.930. The van der Waals surface area contributed by atoms with E-state index in [9.17, 15) is 14.4 Å². The van der Waals surface area contributed by atoms with Crippen LogP contribution in [0.1, 0.15) is 20.9 Å². The van der Waals surface area contributed by atoms with Crippen LogP contribution in [-0.4, -0.2) is 27.8 Å². The SMILES string of the molecule is Cc1ccc2nc(COC(=O)CNC(=O)c3cccs3)cc(=O)n2c1. The number of aromatic nitrogens is 2. The zero-order valence-corrected chi connectivity index (χ0v) is 14.2. The Morgan fingerprint density at radius 3 is 2.92 bits per heavy atom. The molecule has 0 aliphatic carbocycles. The molecule has 0 fully saturated rings. The monoisotopic (exact) mass is 357 g/mol. The molecule has 3 aromatic rings. The number of pyridine rings is 1. The molecule has 3 aromatic heterocycles. The van der Waals surface area contributed by atoms with Crippen LogP contribution in [0.4, 0.5) is 0 Å². The van der Waals surface area contributed by atoms with Gasteiger partial charge in [0.25, 0.3) is 11.5 Å². The van der Waals surface area contributed by atoms with Gasteiger partial charge in [-0.3, -0.25) is 18.8 Å². The normalized spacial score (nSPS) is 10.6. The highest BCUT2D eigenvalue weighted by atomic mass is 32.1. The molecule has 1 amide bonds. The number of carbonyl (C=O) groups is 2. The van der Waals surface area contributed by atoms with Crippen molar-refractivity contribution in [2.75, 3.05) is 6.54 Å². The fourth-order valence-corrected chi connectivity index (χ4v) is 2.83. The number of aryl methyl sites for hydroxylation is 1. The van der Waals surface area contributed by atoms with Crippen LogP contribution < -0.4 is 10.9 Å². The molecule has 0 aliphatic heterocycles. The van der Waals surface area contributed by atoms with Crippen LogP contribution in [0.15, 0.2) is 46.7 Å². The minimum absolute atomic E-state index is 0.132. The van der Waals surface area contributed by atoms with Crippen molar-refractivity contribution in [1.82, 2.24) is 14.7 Å². The maximum Gasteiger partial charge on any atom is 0.325 e. The van der Waals surface area contributed by atoms with Crippen molar-refractivity contribution in [3.05, 3.63) is 68.4 Å². The van der Waals surface area contributed by atoms with Gasteiger partial charge < -0.3 is 10.1 Å². The summed E-state index contributed by atoms with van der Waals surface area (Å²) in [5, 5.41) is 4.26. The minimum atomic E-state index is -0.601. The smallest absolute Gasteiger partial charge is 0.325 e. The number of carbonyl (C=O) groups excluding carboxylic acids is 2. The Morgan fingerprint density at radius 2 is 2.16 bits per heavy atom. The first kappa shape index (κ1) is 16.8. The number of nitrogens with zero attached hydrogens (tertiary/aromatic N) is 2. The summed E-state index contributed by atoms with van der Waals surface area (Å²) in [7, 11) is 0. The van der Waals surface area contributed by atoms with Gasteiger partial charge in [-0.25, -0.2) is 4.98 Å². The summed E-state index contributed by atoms with van der Waals surface area (Å²) >= 11 is 1.29. The van der Waals surface area contributed by atoms with Gasteiger partial charge >= 0.3 is 5.97 Å². The Bertz CT molecular complexity index is 979. The topological polar surface area (TPSA) is 89.8 Å². The lowest BCUT2D eigenvalue weighted by molar-refractivity contribution is -0.143. The first-order chi connectivity index (χ1) is 12.0. The second-order valence-electron chi connectivity index (χ2n) is 5.34. The largest absolute Gasteiger partial charge is 0.458 e. The standard InChI is InChI=1S/C17H15N3O4S/c1-11-4-5-14-19-12(7-15(21)20(14)9-11)10-24-16(22)8-18-17(23)13-3-2-6-25-13/h2-7,9H,8,10H2,1H3,(H,18,23). The maximum absolute atomic E-state index is 12.1. The lowest BCUT2D eigenvalue weighted by Crippen LogP contribution is -2.30. The zero-order valence-electron chi connectivity index (χ0n) is 13.4. The highest BCUT2D eigenvalue weighted by Crippen LogP contribution is 2.07. The predicted molar refractivity (Wildman–Crippen MR) is 92.6 cm³/mol. The fraction of sp³-hybridized carbons (Fsp3) is 0.176. The number of thiophene rings is 1. The van der Waals surface area contributed by atoms with Crippen LogP contribution in [0.25, 0.3) is 5.65 Å². The van der Waals surface area contributed by atoms with Crippen molar-refractivity contribution in [1.29, 1.82) is 0 Å². The van der Waals surface area contributed by atoms with E-state index in [1.165, 1.54) is 21.8 Å². The maximum atomic E-state index is 12.1. The number of nitrogens with one attached hydrogen (secondary N) is 1. The van der Waals surface area contributed by atoms with Crippen molar-refractivity contribution in [2.24, 2.45) is 0 Å². The van der Waals surface area contributed by atoms with E-state index in [1.54, 1.807) is 29.8 Å². The van der Waals surface area contributed by atoms with Gasteiger partial charge in [0.1, 0.15) is 18.8 Å². The molecule has 0 saturated heterocycles. The van der Waals surface area contributed by atoms with Gasteiger partial charge in [-0.2, -0.15) is 0 Å². The minimum Gasteiger partial charge on any atom is -0.458 e. The van der Waals surface area contributed by atoms with Gasteiger partial charge in [0.15, 0.2) is 0 Å². The molecule has 3 rings (SSSR count). The van der Waals surface area contributed by atoms with E-state index in [0.717, 1.165) is 5.56 Å². The predicted octanol–water partition coefficient (Wildman–Crippen LogP) is 1.54. The number of ether oxygens (including phenoxy) is 1. The molecule has 3 heterocycles. The van der Waals surface area contributed by atoms with Crippen molar-refractivity contribution in [3.8, 4) is 0 Å². The molecule has 0 spiro atoms. The van der Waals surface area contributed by atoms with E-state index >= 15 is 0 Å². The second-order valence-corrected chi connectivity index (χ2v) is 6.29. The van der Waals surface area contributed by atoms with Crippen LogP contribution in [0.2, 0.25) is 0 Å². The van der Waals surface area contributed by atoms with E-state index < -0.39 is 5.97 Å². The fourth-order valence-electron chi connectivity index (χ4n) is 2.18. The van der Waals surface area contributed by atoms with Crippen LogP contribution in [0.3, 0.4) is 0 Å². The molecule has 128 valence electrons. The summed E-state index contributed by atoms with van der Waals surface area (Å²) in [4.78, 5) is 40.4. The number of rotatable bonds is 5. The summed E-state index contributed by atoms with van der Waals surface area (Å²) in [6.07, 6.45) is 1.70. The van der Waals surface area contributed by atoms with Gasteiger partial charge in [0, 0.05) is 12.3 Å². The molecule has 8 heteroatoms. The van der Waals surface area contributed by atoms with Gasteiger partial charge in [0.2, 0.25) is 0 Å². The van der Waals surface area contributed by atoms with Gasteiger partial charge in [-0.1, -0.05) is 12.1 Å². The molecule has 0 aromatic carbocycles. The van der Waals surface area contributed by atoms with Crippen LogP contribution in [-0.2, 0) is 16.1 Å². The molecule has 25 heavy (non-hydrogen) atoms. The molecule has 7 nitrogen and oxygen atoms in total. The zero-order chi connectivity index (χ0) is 17.8. The highest BCUT2D eigenvalue weighted by molar-refractivity contribution is 7.12. The average Bonchev–Trinajstić information content (AvgIpc) is 3.13. The quantitative estimate of drug-likeness (QED) is 0.700. The molecular formula is C17H15N3O4S. The van der Waals surface area contributed by atoms with Crippen LogP contribution >= 0.6 is 11.3 Å². The first-order valence-electron chi connectivity index (χ1n) is 7.49. The molecular weight excluding hydrogens is 342 g/mol. The average molecular weight is 357 g/mol. The number of hydrogen-bond acceptors (Lipinski definition) is 6. The Hall–Kier alpha value is -3.00. The van der Waals surface area contributed by atoms with Crippen LogP contribution in [0, 0.1) is 6.92 Å². The van der Waals surface area contributed by atoms with Crippen molar-refractivity contribution in [2.45, 2.75) is 13.5 Å². The first-order valence-corrected chi connectivity index (χ1v) is 8.37. The molecule has 0 saturated carbocycles. The highest BCUT2D eigenvalue weighted by Gasteiger charge is 2.10. The van der Waals surface area contributed by atoms with Gasteiger partial charge in [-0.05, 0) is 30.0 Å². The third-order valence-electron chi connectivity index (χ3n) is 3.38. The van der Waals surface area contributed by atoms with Crippen LogP contribution in [0.5, 0.6) is 0 Å². The molecule has 0 aliphatic rings. The van der Waals surface area contributed by atoms with E-state index in [2.05, 4.69) is 10.3 Å². The van der Waals surface area contributed by atoms with Gasteiger partial charge in [-0.15, -0.1) is 11.3 Å². The summed E-state index contributed by atoms with van der Waals surface area (Å²) in [6, 6.07) is 8.31. The second kappa shape index (κ2) is 7.27. The van der Waals surface area contributed by atoms with E-state index in [-0.39, 0.29) is 24.6 Å². The number of amides is 1. The van der Waals surface area contributed by atoms with Crippen molar-refractivity contribution >= 4 is 28.9 Å². The van der Waals surface area contributed by atoms with E-state index in [4.69, 9.17) is 4.74 Å². The Kier molecular flexibility index (Phi) is 4.90. The summed E-state index contributed by atoms with van der Waals surface area (Å²) < 4.78 is 6.50. The third kappa shape index (κ3) is 4.10. The molecule has 0 unspecified atom stereocenters. The lowest BCUT2D eigenvalue weighted by atomic mass is 10.3. The van der Waals surface area contributed by atoms with E-state index in [0.29, 0.717) is 16.2 Å². The van der Waals surface area contributed by atoms with E-state index in [1.807, 2.05) is 13.0 Å². The van der Waals surface area contributed by atoms with Crippen molar-refractivity contribution in [3.63, 3.8) is 0 Å². The molecule has 0 radical (unpaired) electrons. The number of esters is 1. The molecule has 0 bridgehead atoms. The molecule has 1 N–H and O–H groups in total. The summed E-state index contributed by atoms with van der Waals surface area (Å²) in [5.41, 5.74) is 1.53. The summed E-state index contributed by atoms with van der Waals surface area (Å²) in [6.45, 7) is 1.50. The third-order valence-corrected chi connectivity index (χ3v) is 4.25.